The van der Waals surface area contributed by atoms with E-state index < -0.39 is 5.54 Å². The molecule has 2 heterocycles. The first kappa shape index (κ1) is 17.4. The molecule has 0 bridgehead atoms. The Bertz CT molecular complexity index is 1020. The van der Waals surface area contributed by atoms with Gasteiger partial charge < -0.3 is 19.5 Å². The quantitative estimate of drug-likeness (QED) is 0.700. The number of ketones is 2. The third-order valence-corrected chi connectivity index (χ3v) is 5.99. The van der Waals surface area contributed by atoms with Gasteiger partial charge in [-0.05, 0) is 26.0 Å². The first-order chi connectivity index (χ1) is 13.4. The monoisotopic (exact) mass is 379 g/mol. The molecule has 2 aliphatic heterocycles. The summed E-state index contributed by atoms with van der Waals surface area (Å²) in [6.07, 6.45) is -0.253. The van der Waals surface area contributed by atoms with Crippen molar-refractivity contribution in [2.24, 2.45) is 0 Å². The Morgan fingerprint density at radius 3 is 2.50 bits per heavy atom. The van der Waals surface area contributed by atoms with Crippen LogP contribution in [0.1, 0.15) is 52.1 Å². The molecule has 1 saturated heterocycles. The van der Waals surface area contributed by atoms with E-state index in [2.05, 4.69) is 5.32 Å². The molecule has 3 aliphatic rings. The van der Waals surface area contributed by atoms with Crippen LogP contribution in [0.2, 0.25) is 0 Å². The van der Waals surface area contributed by atoms with E-state index in [0.717, 1.165) is 0 Å². The number of benzene rings is 2. The number of hydrogen-bond donors (Lipinski definition) is 1. The number of anilines is 1. The Morgan fingerprint density at radius 1 is 1.07 bits per heavy atom. The zero-order valence-corrected chi connectivity index (χ0v) is 15.9. The summed E-state index contributed by atoms with van der Waals surface area (Å²) >= 11 is 0. The van der Waals surface area contributed by atoms with Crippen molar-refractivity contribution >= 4 is 17.3 Å². The molecule has 4 atom stereocenters. The van der Waals surface area contributed by atoms with Gasteiger partial charge in [0.2, 0.25) is 0 Å². The van der Waals surface area contributed by atoms with Crippen LogP contribution < -0.4 is 10.1 Å². The van der Waals surface area contributed by atoms with Crippen molar-refractivity contribution in [1.29, 1.82) is 0 Å². The van der Waals surface area contributed by atoms with E-state index in [9.17, 15) is 9.59 Å². The summed E-state index contributed by atoms with van der Waals surface area (Å²) in [6.45, 7) is 3.98. The minimum atomic E-state index is -0.499. The second-order valence-electron chi connectivity index (χ2n) is 7.86. The van der Waals surface area contributed by atoms with Crippen LogP contribution in [0.5, 0.6) is 5.75 Å². The van der Waals surface area contributed by atoms with Gasteiger partial charge in [0.25, 0.3) is 0 Å². The van der Waals surface area contributed by atoms with E-state index >= 15 is 0 Å². The van der Waals surface area contributed by atoms with Crippen molar-refractivity contribution in [3.63, 3.8) is 0 Å². The molecule has 5 rings (SSSR count). The summed E-state index contributed by atoms with van der Waals surface area (Å²) in [5, 5.41) is 3.52. The van der Waals surface area contributed by atoms with E-state index in [-0.39, 0.29) is 30.1 Å². The molecule has 1 aliphatic carbocycles. The summed E-state index contributed by atoms with van der Waals surface area (Å²) < 4.78 is 17.6. The SMILES string of the molecule is CO[C@@H]1C[C@@]2(C)Nc3c(ccc4c3C(=O)c3ccccc3C4=O)O[C@H]2[C@H](C)O1. The molecule has 0 aromatic heterocycles. The average Bonchev–Trinajstić information content (AvgIpc) is 2.69. The minimum Gasteiger partial charge on any atom is -0.483 e. The molecule has 6 heteroatoms. The van der Waals surface area contributed by atoms with Gasteiger partial charge in [0.1, 0.15) is 11.9 Å². The summed E-state index contributed by atoms with van der Waals surface area (Å²) in [6, 6.07) is 10.4. The lowest BCUT2D eigenvalue weighted by molar-refractivity contribution is -0.220. The number of carbonyl (C=O) groups excluding carboxylic acids is 2. The minimum absolute atomic E-state index is 0.141. The number of hydrogen-bond acceptors (Lipinski definition) is 6. The summed E-state index contributed by atoms with van der Waals surface area (Å²) in [5.74, 6) is 0.258. The fourth-order valence-corrected chi connectivity index (χ4v) is 4.64. The van der Waals surface area contributed by atoms with Crippen LogP contribution in [-0.4, -0.2) is 42.7 Å². The van der Waals surface area contributed by atoms with Crippen molar-refractivity contribution < 1.29 is 23.8 Å². The molecule has 0 unspecified atom stereocenters. The Balaban J connectivity index is 1.65. The Hall–Kier alpha value is -2.70. The van der Waals surface area contributed by atoms with Crippen molar-refractivity contribution in [2.75, 3.05) is 12.4 Å². The van der Waals surface area contributed by atoms with Crippen molar-refractivity contribution in [3.8, 4) is 5.75 Å². The van der Waals surface area contributed by atoms with Crippen molar-refractivity contribution in [1.82, 2.24) is 0 Å². The average molecular weight is 379 g/mol. The maximum atomic E-state index is 13.3. The normalized spacial score (nSPS) is 30.3. The van der Waals surface area contributed by atoms with Gasteiger partial charge in [0, 0.05) is 30.2 Å². The van der Waals surface area contributed by atoms with Crippen LogP contribution >= 0.6 is 0 Å². The third-order valence-electron chi connectivity index (χ3n) is 5.99. The first-order valence-electron chi connectivity index (χ1n) is 9.41. The maximum absolute atomic E-state index is 13.3. The Morgan fingerprint density at radius 2 is 1.79 bits per heavy atom. The molecule has 0 spiro atoms. The van der Waals surface area contributed by atoms with Gasteiger partial charge in [0.05, 0.1) is 22.9 Å². The molecule has 1 fully saturated rings. The molecule has 2 aromatic rings. The maximum Gasteiger partial charge on any atom is 0.196 e. The van der Waals surface area contributed by atoms with Crippen molar-refractivity contribution in [3.05, 3.63) is 58.7 Å². The number of nitrogens with one attached hydrogen (secondary N) is 1. The van der Waals surface area contributed by atoms with Gasteiger partial charge in [-0.15, -0.1) is 0 Å². The summed E-state index contributed by atoms with van der Waals surface area (Å²) in [4.78, 5) is 26.3. The Labute approximate surface area is 162 Å². The van der Waals surface area contributed by atoms with Crippen LogP contribution in [0, 0.1) is 0 Å². The van der Waals surface area contributed by atoms with Crippen LogP contribution in [0.15, 0.2) is 36.4 Å². The van der Waals surface area contributed by atoms with E-state index in [0.29, 0.717) is 40.1 Å². The molecule has 0 saturated carbocycles. The van der Waals surface area contributed by atoms with Gasteiger partial charge in [-0.2, -0.15) is 0 Å². The molecular weight excluding hydrogens is 358 g/mol. The fraction of sp³-hybridized carbons (Fsp3) is 0.364. The number of methoxy groups -OCH3 is 1. The van der Waals surface area contributed by atoms with E-state index in [1.54, 1.807) is 43.5 Å². The third kappa shape index (κ3) is 2.28. The zero-order chi connectivity index (χ0) is 19.6. The van der Waals surface area contributed by atoms with Gasteiger partial charge in [-0.25, -0.2) is 0 Å². The number of carbonyl (C=O) groups is 2. The van der Waals surface area contributed by atoms with Crippen LogP contribution in [0.25, 0.3) is 0 Å². The van der Waals surface area contributed by atoms with Crippen LogP contribution in [0.4, 0.5) is 5.69 Å². The number of ether oxygens (including phenoxy) is 3. The second-order valence-corrected chi connectivity index (χ2v) is 7.86. The van der Waals surface area contributed by atoms with Crippen LogP contribution in [0.3, 0.4) is 0 Å². The largest absolute Gasteiger partial charge is 0.483 e. The van der Waals surface area contributed by atoms with E-state index in [4.69, 9.17) is 14.2 Å². The highest BCUT2D eigenvalue weighted by Gasteiger charge is 2.51. The Kier molecular flexibility index (Phi) is 3.66. The molecule has 0 amide bonds. The number of rotatable bonds is 1. The molecule has 2 aromatic carbocycles. The summed E-state index contributed by atoms with van der Waals surface area (Å²) in [5.41, 5.74) is 1.74. The van der Waals surface area contributed by atoms with E-state index in [1.807, 2.05) is 13.8 Å². The smallest absolute Gasteiger partial charge is 0.196 e. The predicted molar refractivity (Wildman–Crippen MR) is 102 cm³/mol. The highest BCUT2D eigenvalue weighted by Crippen LogP contribution is 2.46. The first-order valence-corrected chi connectivity index (χ1v) is 9.41. The standard InChI is InChI=1S/C22H21NO5/c1-11-21-22(2,10-16(26-3)27-11)23-18-15(28-21)9-8-14-17(18)20(25)13-7-5-4-6-12(13)19(14)24/h4-9,11,16,21,23H,10H2,1-3H3/t11-,16-,21-,22+/m0/s1. The van der Waals surface area contributed by atoms with E-state index in [1.165, 1.54) is 0 Å². The molecule has 28 heavy (non-hydrogen) atoms. The molecule has 0 radical (unpaired) electrons. The van der Waals surface area contributed by atoms with Gasteiger partial charge in [0.15, 0.2) is 17.9 Å². The van der Waals surface area contributed by atoms with Gasteiger partial charge >= 0.3 is 0 Å². The molecule has 1 N–H and O–H groups in total. The highest BCUT2D eigenvalue weighted by atomic mass is 16.7. The van der Waals surface area contributed by atoms with Crippen molar-refractivity contribution in [2.45, 2.75) is 44.3 Å². The zero-order valence-electron chi connectivity index (χ0n) is 15.9. The molecular formula is C22H21NO5. The predicted octanol–water partition coefficient (Wildman–Crippen LogP) is 3.17. The summed E-state index contributed by atoms with van der Waals surface area (Å²) in [7, 11) is 1.61. The lowest BCUT2D eigenvalue weighted by Crippen LogP contribution is -2.63. The molecule has 144 valence electrons. The van der Waals surface area contributed by atoms with Gasteiger partial charge in [-0.3, -0.25) is 9.59 Å². The fourth-order valence-electron chi connectivity index (χ4n) is 4.64. The lowest BCUT2D eigenvalue weighted by Gasteiger charge is -2.51. The molecule has 6 nitrogen and oxygen atoms in total. The second kappa shape index (κ2) is 5.90. The van der Waals surface area contributed by atoms with Crippen LogP contribution in [-0.2, 0) is 9.47 Å². The number of fused-ring (bicyclic) bond motifs is 5. The van der Waals surface area contributed by atoms with Gasteiger partial charge in [-0.1, -0.05) is 24.3 Å². The lowest BCUT2D eigenvalue weighted by atomic mass is 9.79. The highest BCUT2D eigenvalue weighted by molar-refractivity contribution is 6.30. The topological polar surface area (TPSA) is 73.9 Å².